The smallest absolute Gasteiger partial charge is 0.328 e. The van der Waals surface area contributed by atoms with Crippen LogP contribution in [0.2, 0.25) is 0 Å². The Hall–Kier alpha value is -2.51. The fraction of sp³-hybridized carbons (Fsp3) is 0.400. The molecule has 0 bridgehead atoms. The summed E-state index contributed by atoms with van der Waals surface area (Å²) in [6.07, 6.45) is -0.150. The number of rotatable bonds is 6. The molecular weight excluding hydrogens is 312 g/mol. The SMILES string of the molecule is COC(=O)C[C@H](C)[C@@H](NC(=O)c1ccc(F)cc1F)C(=O)OC. The topological polar surface area (TPSA) is 81.7 Å². The number of hydrogen-bond donors (Lipinski definition) is 1. The van der Waals surface area contributed by atoms with Crippen LogP contribution in [-0.2, 0) is 19.1 Å². The van der Waals surface area contributed by atoms with Gasteiger partial charge in [0.05, 0.1) is 26.2 Å². The monoisotopic (exact) mass is 329 g/mol. The van der Waals surface area contributed by atoms with Crippen LogP contribution in [0, 0.1) is 17.6 Å². The molecule has 1 amide bonds. The summed E-state index contributed by atoms with van der Waals surface area (Å²) in [7, 11) is 2.31. The first-order chi connectivity index (χ1) is 10.8. The number of hydrogen-bond acceptors (Lipinski definition) is 5. The van der Waals surface area contributed by atoms with Gasteiger partial charge in [-0.2, -0.15) is 0 Å². The maximum Gasteiger partial charge on any atom is 0.328 e. The average Bonchev–Trinajstić information content (AvgIpc) is 2.51. The highest BCUT2D eigenvalue weighted by atomic mass is 19.1. The number of halogens is 2. The van der Waals surface area contributed by atoms with Gasteiger partial charge in [0.15, 0.2) is 0 Å². The second-order valence-electron chi connectivity index (χ2n) is 4.86. The molecule has 8 heteroatoms. The van der Waals surface area contributed by atoms with Crippen molar-refractivity contribution < 1.29 is 32.6 Å². The van der Waals surface area contributed by atoms with E-state index >= 15 is 0 Å². The zero-order valence-electron chi connectivity index (χ0n) is 12.9. The molecule has 2 atom stereocenters. The molecule has 1 aromatic rings. The number of benzene rings is 1. The van der Waals surface area contributed by atoms with E-state index < -0.39 is 47.0 Å². The lowest BCUT2D eigenvalue weighted by Crippen LogP contribution is -2.46. The van der Waals surface area contributed by atoms with Crippen molar-refractivity contribution in [3.8, 4) is 0 Å². The number of carbonyl (C=O) groups is 3. The van der Waals surface area contributed by atoms with Crippen LogP contribution in [0.1, 0.15) is 23.7 Å². The maximum absolute atomic E-state index is 13.6. The van der Waals surface area contributed by atoms with Gasteiger partial charge in [-0.15, -0.1) is 0 Å². The zero-order chi connectivity index (χ0) is 17.6. The van der Waals surface area contributed by atoms with Crippen molar-refractivity contribution >= 4 is 17.8 Å². The molecule has 0 radical (unpaired) electrons. The molecule has 0 spiro atoms. The molecule has 0 aliphatic heterocycles. The first kappa shape index (κ1) is 18.5. The number of nitrogens with one attached hydrogen (secondary N) is 1. The van der Waals surface area contributed by atoms with E-state index in [0.29, 0.717) is 6.07 Å². The molecule has 1 N–H and O–H groups in total. The number of amides is 1. The molecular formula is C15H17F2NO5. The largest absolute Gasteiger partial charge is 0.469 e. The zero-order valence-corrected chi connectivity index (χ0v) is 12.9. The van der Waals surface area contributed by atoms with Gasteiger partial charge in [0.2, 0.25) is 0 Å². The average molecular weight is 329 g/mol. The van der Waals surface area contributed by atoms with Crippen molar-refractivity contribution in [3.05, 3.63) is 35.4 Å². The Morgan fingerprint density at radius 3 is 2.35 bits per heavy atom. The molecule has 6 nitrogen and oxygen atoms in total. The van der Waals surface area contributed by atoms with Crippen LogP contribution in [0.3, 0.4) is 0 Å². The maximum atomic E-state index is 13.6. The highest BCUT2D eigenvalue weighted by Crippen LogP contribution is 2.14. The number of carbonyl (C=O) groups excluding carboxylic acids is 3. The predicted molar refractivity (Wildman–Crippen MR) is 75.4 cm³/mol. The lowest BCUT2D eigenvalue weighted by Gasteiger charge is -2.22. The molecule has 0 aromatic heterocycles. The van der Waals surface area contributed by atoms with Gasteiger partial charge in [-0.3, -0.25) is 9.59 Å². The molecule has 126 valence electrons. The predicted octanol–water partition coefficient (Wildman–Crippen LogP) is 1.44. The fourth-order valence-corrected chi connectivity index (χ4v) is 1.92. The van der Waals surface area contributed by atoms with Crippen LogP contribution in [0.4, 0.5) is 8.78 Å². The summed E-state index contributed by atoms with van der Waals surface area (Å²) in [5, 5.41) is 2.29. The van der Waals surface area contributed by atoms with E-state index in [9.17, 15) is 23.2 Å². The molecule has 23 heavy (non-hydrogen) atoms. The molecule has 0 fully saturated rings. The van der Waals surface area contributed by atoms with E-state index in [1.54, 1.807) is 0 Å². The minimum Gasteiger partial charge on any atom is -0.469 e. The van der Waals surface area contributed by atoms with E-state index in [-0.39, 0.29) is 6.42 Å². The van der Waals surface area contributed by atoms with E-state index in [2.05, 4.69) is 14.8 Å². The standard InChI is InChI=1S/C15H17F2NO5/c1-8(6-12(19)22-2)13(15(21)23-3)18-14(20)10-5-4-9(16)7-11(10)17/h4-5,7-8,13H,6H2,1-3H3,(H,18,20)/t8-,13+/m0/s1. The van der Waals surface area contributed by atoms with Crippen molar-refractivity contribution in [2.75, 3.05) is 14.2 Å². The Labute approximate surface area is 131 Å². The van der Waals surface area contributed by atoms with Gasteiger partial charge < -0.3 is 14.8 Å². The van der Waals surface area contributed by atoms with Crippen molar-refractivity contribution in [2.24, 2.45) is 5.92 Å². The molecule has 0 aliphatic rings. The second kappa shape index (κ2) is 8.21. The summed E-state index contributed by atoms with van der Waals surface area (Å²) in [5.74, 6) is -4.84. The molecule has 1 aromatic carbocycles. The number of esters is 2. The van der Waals surface area contributed by atoms with Crippen LogP contribution in [0.15, 0.2) is 18.2 Å². The Kier molecular flexibility index (Phi) is 6.62. The highest BCUT2D eigenvalue weighted by Gasteiger charge is 2.30. The first-order valence-electron chi connectivity index (χ1n) is 6.70. The molecule has 0 aliphatic carbocycles. The van der Waals surface area contributed by atoms with Crippen LogP contribution in [0.25, 0.3) is 0 Å². The minimum absolute atomic E-state index is 0.150. The van der Waals surface area contributed by atoms with Gasteiger partial charge in [-0.1, -0.05) is 6.92 Å². The second-order valence-corrected chi connectivity index (χ2v) is 4.86. The molecule has 0 unspecified atom stereocenters. The van der Waals surface area contributed by atoms with Gasteiger partial charge in [0.25, 0.3) is 5.91 Å². The van der Waals surface area contributed by atoms with E-state index in [1.165, 1.54) is 14.0 Å². The number of methoxy groups -OCH3 is 2. The van der Waals surface area contributed by atoms with Crippen molar-refractivity contribution in [1.82, 2.24) is 5.32 Å². The third-order valence-corrected chi connectivity index (χ3v) is 3.20. The molecule has 0 heterocycles. The lowest BCUT2D eigenvalue weighted by atomic mass is 9.97. The Balaban J connectivity index is 2.94. The normalized spacial score (nSPS) is 12.9. The summed E-state index contributed by atoms with van der Waals surface area (Å²) in [5.41, 5.74) is -0.425. The summed E-state index contributed by atoms with van der Waals surface area (Å²) in [6.45, 7) is 1.53. The molecule has 1 rings (SSSR count). The summed E-state index contributed by atoms with van der Waals surface area (Å²) >= 11 is 0. The van der Waals surface area contributed by atoms with Gasteiger partial charge in [0.1, 0.15) is 17.7 Å². The molecule has 0 saturated heterocycles. The highest BCUT2D eigenvalue weighted by molar-refractivity contribution is 5.97. The van der Waals surface area contributed by atoms with Crippen LogP contribution < -0.4 is 5.32 Å². The van der Waals surface area contributed by atoms with E-state index in [4.69, 9.17) is 0 Å². The van der Waals surface area contributed by atoms with Gasteiger partial charge in [0, 0.05) is 6.07 Å². The fourth-order valence-electron chi connectivity index (χ4n) is 1.92. The van der Waals surface area contributed by atoms with Gasteiger partial charge in [-0.05, 0) is 18.1 Å². The van der Waals surface area contributed by atoms with Crippen LogP contribution in [0.5, 0.6) is 0 Å². The van der Waals surface area contributed by atoms with Gasteiger partial charge >= 0.3 is 11.9 Å². The van der Waals surface area contributed by atoms with Crippen molar-refractivity contribution in [1.29, 1.82) is 0 Å². The lowest BCUT2D eigenvalue weighted by molar-refractivity contribution is -0.146. The molecule has 0 saturated carbocycles. The number of ether oxygens (including phenoxy) is 2. The summed E-state index contributed by atoms with van der Waals surface area (Å²) in [6, 6.07) is 1.25. The Morgan fingerprint density at radius 2 is 1.83 bits per heavy atom. The van der Waals surface area contributed by atoms with Crippen molar-refractivity contribution in [3.63, 3.8) is 0 Å². The Morgan fingerprint density at radius 1 is 1.17 bits per heavy atom. The first-order valence-corrected chi connectivity index (χ1v) is 6.70. The Bertz CT molecular complexity index is 606. The summed E-state index contributed by atoms with van der Waals surface area (Å²) < 4.78 is 35.6. The van der Waals surface area contributed by atoms with Crippen LogP contribution in [-0.4, -0.2) is 38.1 Å². The third-order valence-electron chi connectivity index (χ3n) is 3.20. The van der Waals surface area contributed by atoms with E-state index in [0.717, 1.165) is 19.2 Å². The van der Waals surface area contributed by atoms with Gasteiger partial charge in [-0.25, -0.2) is 13.6 Å². The summed E-state index contributed by atoms with van der Waals surface area (Å²) in [4.78, 5) is 35.2. The van der Waals surface area contributed by atoms with Crippen molar-refractivity contribution in [2.45, 2.75) is 19.4 Å². The van der Waals surface area contributed by atoms with Crippen LogP contribution >= 0.6 is 0 Å². The quantitative estimate of drug-likeness (QED) is 0.799. The van der Waals surface area contributed by atoms with E-state index in [1.807, 2.05) is 0 Å². The minimum atomic E-state index is -1.18. The third kappa shape index (κ3) is 5.01.